The van der Waals surface area contributed by atoms with Crippen molar-refractivity contribution < 1.29 is 13.2 Å². The number of ether oxygens (including phenoxy) is 1. The van der Waals surface area contributed by atoms with E-state index in [1.165, 1.54) is 37.7 Å². The van der Waals surface area contributed by atoms with E-state index >= 15 is 0 Å². The molecule has 2 rings (SSSR count). The fourth-order valence-electron chi connectivity index (χ4n) is 1.34. The summed E-state index contributed by atoms with van der Waals surface area (Å²) in [5.74, 6) is 0.416. The minimum absolute atomic E-state index is 0.0505. The molecule has 0 unspecified atom stereocenters. The summed E-state index contributed by atoms with van der Waals surface area (Å²) >= 11 is 5.88. The molecule has 8 heteroatoms. The standard InChI is InChI=1S/C10H10ClN3O3S/c1-17-10-3-2-8(4-9(10)11)18(15,16)14-7-5-12-13-6-7/h2-6,14H,1H3,(H,12,13). The monoisotopic (exact) mass is 287 g/mol. The number of H-pyrrole nitrogens is 1. The summed E-state index contributed by atoms with van der Waals surface area (Å²) in [4.78, 5) is 0.0505. The van der Waals surface area contributed by atoms with Crippen molar-refractivity contribution in [3.8, 4) is 5.75 Å². The molecule has 0 aliphatic heterocycles. The second kappa shape index (κ2) is 4.87. The Hall–Kier alpha value is -1.73. The predicted molar refractivity (Wildman–Crippen MR) is 67.4 cm³/mol. The van der Waals surface area contributed by atoms with Crippen molar-refractivity contribution in [1.82, 2.24) is 10.2 Å². The van der Waals surface area contributed by atoms with Crippen LogP contribution in [-0.2, 0) is 10.0 Å². The highest BCUT2D eigenvalue weighted by Crippen LogP contribution is 2.27. The van der Waals surface area contributed by atoms with E-state index in [9.17, 15) is 8.42 Å². The number of sulfonamides is 1. The van der Waals surface area contributed by atoms with E-state index in [0.717, 1.165) is 0 Å². The van der Waals surface area contributed by atoms with E-state index in [2.05, 4.69) is 14.9 Å². The van der Waals surface area contributed by atoms with Crippen LogP contribution in [0.3, 0.4) is 0 Å². The van der Waals surface area contributed by atoms with Gasteiger partial charge in [0.2, 0.25) is 0 Å². The Morgan fingerprint density at radius 2 is 2.22 bits per heavy atom. The van der Waals surface area contributed by atoms with Gasteiger partial charge in [-0.15, -0.1) is 0 Å². The summed E-state index contributed by atoms with van der Waals surface area (Å²) in [7, 11) is -2.22. The Bertz CT molecular complexity index is 640. The van der Waals surface area contributed by atoms with Crippen molar-refractivity contribution in [2.75, 3.05) is 11.8 Å². The second-order valence-corrected chi connectivity index (χ2v) is 5.48. The molecule has 0 saturated carbocycles. The number of nitrogens with zero attached hydrogens (tertiary/aromatic N) is 1. The van der Waals surface area contributed by atoms with E-state index in [1.54, 1.807) is 0 Å². The maximum atomic E-state index is 12.0. The molecular weight excluding hydrogens is 278 g/mol. The average molecular weight is 288 g/mol. The summed E-state index contributed by atoms with van der Waals surface area (Å²) in [6, 6.07) is 4.22. The fraction of sp³-hybridized carbons (Fsp3) is 0.100. The molecule has 0 amide bonds. The molecule has 2 aromatic rings. The molecule has 96 valence electrons. The molecule has 6 nitrogen and oxygen atoms in total. The first-order valence-electron chi connectivity index (χ1n) is 4.88. The van der Waals surface area contributed by atoms with Gasteiger partial charge in [0.25, 0.3) is 10.0 Å². The zero-order chi connectivity index (χ0) is 13.2. The fourth-order valence-corrected chi connectivity index (χ4v) is 2.72. The highest BCUT2D eigenvalue weighted by atomic mass is 35.5. The van der Waals surface area contributed by atoms with Gasteiger partial charge in [0.15, 0.2) is 0 Å². The molecule has 2 N–H and O–H groups in total. The first-order chi connectivity index (χ1) is 8.53. The molecule has 0 atom stereocenters. The number of rotatable bonds is 4. The summed E-state index contributed by atoms with van der Waals surface area (Å²) < 4.78 is 31.3. The Kier molecular flexibility index (Phi) is 3.44. The maximum absolute atomic E-state index is 12.0. The van der Waals surface area contributed by atoms with Crippen molar-refractivity contribution >= 4 is 27.3 Å². The molecule has 0 bridgehead atoms. The van der Waals surface area contributed by atoms with E-state index in [4.69, 9.17) is 16.3 Å². The third-order valence-electron chi connectivity index (χ3n) is 2.18. The average Bonchev–Trinajstić information content (AvgIpc) is 2.81. The predicted octanol–water partition coefficient (Wildman–Crippen LogP) is 1.87. The largest absolute Gasteiger partial charge is 0.495 e. The topological polar surface area (TPSA) is 84.1 Å². The van der Waals surface area contributed by atoms with Gasteiger partial charge < -0.3 is 4.74 Å². The summed E-state index contributed by atoms with van der Waals surface area (Å²) in [6.07, 6.45) is 2.80. The highest BCUT2D eigenvalue weighted by Gasteiger charge is 2.16. The van der Waals surface area contributed by atoms with E-state index in [1.807, 2.05) is 0 Å². The molecule has 0 spiro atoms. The molecule has 0 fully saturated rings. The van der Waals surface area contributed by atoms with Gasteiger partial charge in [-0.2, -0.15) is 5.10 Å². The van der Waals surface area contributed by atoms with Gasteiger partial charge in [0.1, 0.15) is 5.75 Å². The van der Waals surface area contributed by atoms with Crippen molar-refractivity contribution in [2.24, 2.45) is 0 Å². The van der Waals surface area contributed by atoms with Gasteiger partial charge in [-0.25, -0.2) is 8.42 Å². The van der Waals surface area contributed by atoms with Crippen LogP contribution in [0.25, 0.3) is 0 Å². The van der Waals surface area contributed by atoms with E-state index in [-0.39, 0.29) is 9.92 Å². The first-order valence-corrected chi connectivity index (χ1v) is 6.74. The van der Waals surface area contributed by atoms with Crippen molar-refractivity contribution in [3.05, 3.63) is 35.6 Å². The quantitative estimate of drug-likeness (QED) is 0.899. The van der Waals surface area contributed by atoms with Gasteiger partial charge in [-0.05, 0) is 18.2 Å². The number of aromatic amines is 1. The number of hydrogen-bond acceptors (Lipinski definition) is 4. The summed E-state index contributed by atoms with van der Waals surface area (Å²) in [5.41, 5.74) is 0.349. The smallest absolute Gasteiger partial charge is 0.262 e. The molecule has 0 aliphatic rings. The maximum Gasteiger partial charge on any atom is 0.262 e. The number of nitrogens with one attached hydrogen (secondary N) is 2. The lowest BCUT2D eigenvalue weighted by molar-refractivity contribution is 0.414. The Labute approximate surface area is 109 Å². The lowest BCUT2D eigenvalue weighted by atomic mass is 10.3. The Morgan fingerprint density at radius 3 is 2.78 bits per heavy atom. The minimum Gasteiger partial charge on any atom is -0.495 e. The number of halogens is 1. The van der Waals surface area contributed by atoms with E-state index in [0.29, 0.717) is 11.4 Å². The lowest BCUT2D eigenvalue weighted by Gasteiger charge is -2.08. The highest BCUT2D eigenvalue weighted by molar-refractivity contribution is 7.92. The van der Waals surface area contributed by atoms with Crippen molar-refractivity contribution in [2.45, 2.75) is 4.90 Å². The SMILES string of the molecule is COc1ccc(S(=O)(=O)Nc2cn[nH]c2)cc1Cl. The number of hydrogen-bond donors (Lipinski definition) is 2. The second-order valence-electron chi connectivity index (χ2n) is 3.39. The van der Waals surface area contributed by atoms with Gasteiger partial charge in [-0.3, -0.25) is 9.82 Å². The van der Waals surface area contributed by atoms with Crippen LogP contribution in [0.15, 0.2) is 35.5 Å². The molecule has 1 heterocycles. The Balaban J connectivity index is 2.33. The van der Waals surface area contributed by atoms with Crippen LogP contribution in [0.1, 0.15) is 0 Å². The first kappa shape index (κ1) is 12.7. The van der Waals surface area contributed by atoms with Crippen molar-refractivity contribution in [3.63, 3.8) is 0 Å². The van der Waals surface area contributed by atoms with Gasteiger partial charge in [0, 0.05) is 6.20 Å². The third-order valence-corrected chi connectivity index (χ3v) is 3.86. The lowest BCUT2D eigenvalue weighted by Crippen LogP contribution is -2.12. The van der Waals surface area contributed by atoms with Crippen LogP contribution in [0.2, 0.25) is 5.02 Å². The Morgan fingerprint density at radius 1 is 1.44 bits per heavy atom. The number of aromatic nitrogens is 2. The third kappa shape index (κ3) is 2.57. The van der Waals surface area contributed by atoms with Crippen LogP contribution in [-0.4, -0.2) is 25.7 Å². The molecule has 1 aromatic carbocycles. The molecule has 1 aromatic heterocycles. The number of benzene rings is 1. The van der Waals surface area contributed by atoms with Crippen LogP contribution in [0.4, 0.5) is 5.69 Å². The van der Waals surface area contributed by atoms with Crippen LogP contribution < -0.4 is 9.46 Å². The van der Waals surface area contributed by atoms with Crippen LogP contribution >= 0.6 is 11.6 Å². The zero-order valence-electron chi connectivity index (χ0n) is 9.34. The normalized spacial score (nSPS) is 11.2. The number of anilines is 1. The minimum atomic E-state index is -3.68. The summed E-state index contributed by atoms with van der Waals surface area (Å²) in [6.45, 7) is 0. The van der Waals surface area contributed by atoms with Gasteiger partial charge in [0.05, 0.1) is 28.9 Å². The molecular formula is C10H10ClN3O3S. The van der Waals surface area contributed by atoms with Gasteiger partial charge in [-0.1, -0.05) is 11.6 Å². The number of methoxy groups -OCH3 is 1. The van der Waals surface area contributed by atoms with Gasteiger partial charge >= 0.3 is 0 Å². The summed E-state index contributed by atoms with van der Waals surface area (Å²) in [5, 5.41) is 6.39. The molecule has 18 heavy (non-hydrogen) atoms. The van der Waals surface area contributed by atoms with Crippen LogP contribution in [0, 0.1) is 0 Å². The van der Waals surface area contributed by atoms with E-state index < -0.39 is 10.0 Å². The van der Waals surface area contributed by atoms with Crippen molar-refractivity contribution in [1.29, 1.82) is 0 Å². The van der Waals surface area contributed by atoms with Crippen LogP contribution in [0.5, 0.6) is 5.75 Å². The molecule has 0 saturated heterocycles. The molecule has 0 aliphatic carbocycles. The zero-order valence-corrected chi connectivity index (χ0v) is 10.9. The molecule has 0 radical (unpaired) electrons.